The molecule has 0 spiro atoms. The van der Waals surface area contributed by atoms with E-state index in [-0.39, 0.29) is 11.7 Å². The van der Waals surface area contributed by atoms with E-state index in [4.69, 9.17) is 4.98 Å². The van der Waals surface area contributed by atoms with Crippen LogP contribution >= 0.6 is 0 Å². The number of nitrogens with zero attached hydrogens (tertiary/aromatic N) is 4. The molecule has 0 aliphatic carbocycles. The summed E-state index contributed by atoms with van der Waals surface area (Å²) in [5.74, 6) is 0.199. The van der Waals surface area contributed by atoms with E-state index >= 15 is 0 Å². The van der Waals surface area contributed by atoms with E-state index < -0.39 is 5.92 Å². The fraction of sp³-hybridized carbons (Fsp3) is 0.519. The van der Waals surface area contributed by atoms with E-state index in [2.05, 4.69) is 9.80 Å². The van der Waals surface area contributed by atoms with Gasteiger partial charge in [-0.3, -0.25) is 4.79 Å². The summed E-state index contributed by atoms with van der Waals surface area (Å²) < 4.78 is 0. The van der Waals surface area contributed by atoms with E-state index in [1.165, 1.54) is 25.9 Å². The summed E-state index contributed by atoms with van der Waals surface area (Å²) in [4.78, 5) is 36.5. The molecule has 2 aromatic rings. The van der Waals surface area contributed by atoms with Crippen molar-refractivity contribution in [2.45, 2.75) is 51.6 Å². The zero-order chi connectivity index (χ0) is 23.9. The van der Waals surface area contributed by atoms with E-state index in [0.717, 1.165) is 49.2 Å². The first kappa shape index (κ1) is 24.2. The number of phenols is 1. The van der Waals surface area contributed by atoms with Crippen LogP contribution in [0.5, 0.6) is 5.75 Å². The van der Waals surface area contributed by atoms with Crippen LogP contribution in [0.1, 0.15) is 43.7 Å². The van der Waals surface area contributed by atoms with E-state index in [1.807, 2.05) is 25.3 Å². The molecule has 1 aromatic heterocycles. The minimum atomic E-state index is -0.749. The van der Waals surface area contributed by atoms with Crippen molar-refractivity contribution in [2.75, 3.05) is 37.6 Å². The van der Waals surface area contributed by atoms with Crippen molar-refractivity contribution in [3.8, 4) is 5.75 Å². The second-order valence-electron chi connectivity index (χ2n) is 9.41. The molecule has 2 saturated heterocycles. The maximum Gasteiger partial charge on any atom is 0.233 e. The Hall–Kier alpha value is -2.93. The molecular weight excluding hydrogens is 428 g/mol. The van der Waals surface area contributed by atoms with Crippen LogP contribution in [0, 0.1) is 5.92 Å². The Bertz CT molecular complexity index is 951. The van der Waals surface area contributed by atoms with Crippen molar-refractivity contribution in [1.29, 1.82) is 0 Å². The Kier molecular flexibility index (Phi) is 8.16. The highest BCUT2D eigenvalue weighted by Crippen LogP contribution is 2.27. The number of benzene rings is 1. The number of aldehydes is 1. The van der Waals surface area contributed by atoms with Crippen LogP contribution in [0.25, 0.3) is 0 Å². The van der Waals surface area contributed by atoms with Gasteiger partial charge < -0.3 is 24.6 Å². The van der Waals surface area contributed by atoms with Crippen LogP contribution in [0.2, 0.25) is 0 Å². The number of carbonyl (C=O) groups is 2. The number of phenolic OH excluding ortho intramolecular Hbond substituents is 1. The predicted octanol–water partition coefficient (Wildman–Crippen LogP) is 3.26. The molecule has 1 atom stereocenters. The third-order valence-electron chi connectivity index (χ3n) is 7.22. The molecule has 2 aliphatic heterocycles. The maximum absolute atomic E-state index is 13.3. The summed E-state index contributed by atoms with van der Waals surface area (Å²) in [6.45, 7) is 7.31. The molecule has 34 heavy (non-hydrogen) atoms. The first-order chi connectivity index (χ1) is 16.6. The van der Waals surface area contributed by atoms with E-state index in [9.17, 15) is 14.7 Å². The maximum atomic E-state index is 13.3. The summed E-state index contributed by atoms with van der Waals surface area (Å²) in [6, 6.07) is 11.3. The van der Waals surface area contributed by atoms with Gasteiger partial charge in [-0.1, -0.05) is 18.2 Å². The van der Waals surface area contributed by atoms with Crippen molar-refractivity contribution in [3.63, 3.8) is 0 Å². The van der Waals surface area contributed by atoms with Gasteiger partial charge in [-0.25, -0.2) is 4.98 Å². The number of aromatic hydroxyl groups is 1. The lowest BCUT2D eigenvalue weighted by atomic mass is 9.98. The second-order valence-corrected chi connectivity index (χ2v) is 9.41. The number of hydrogen-bond acceptors (Lipinski definition) is 6. The normalized spacial score (nSPS) is 18.1. The van der Waals surface area contributed by atoms with Crippen LogP contribution in [0.3, 0.4) is 0 Å². The summed E-state index contributed by atoms with van der Waals surface area (Å²) >= 11 is 0. The first-order valence-electron chi connectivity index (χ1n) is 12.5. The van der Waals surface area contributed by atoms with Gasteiger partial charge in [0.05, 0.1) is 5.92 Å². The molecule has 3 heterocycles. The number of likely N-dealkylation sites (tertiary alicyclic amines) is 1. The minimum Gasteiger partial charge on any atom is -0.508 e. The van der Waals surface area contributed by atoms with Crippen molar-refractivity contribution in [1.82, 2.24) is 14.8 Å². The molecule has 1 amide bonds. The number of rotatable bonds is 9. The summed E-state index contributed by atoms with van der Waals surface area (Å²) in [5, 5.41) is 9.49. The van der Waals surface area contributed by atoms with Crippen LogP contribution in [-0.4, -0.2) is 70.8 Å². The molecule has 182 valence electrons. The first-order valence-corrected chi connectivity index (χ1v) is 12.5. The van der Waals surface area contributed by atoms with Gasteiger partial charge in [-0.2, -0.15) is 0 Å². The van der Waals surface area contributed by atoms with Crippen molar-refractivity contribution < 1.29 is 14.7 Å². The Labute approximate surface area is 202 Å². The Morgan fingerprint density at radius 1 is 1.15 bits per heavy atom. The van der Waals surface area contributed by atoms with Crippen LogP contribution in [0.15, 0.2) is 42.6 Å². The fourth-order valence-corrected chi connectivity index (χ4v) is 5.25. The molecule has 2 fully saturated rings. The quantitative estimate of drug-likeness (QED) is 0.453. The van der Waals surface area contributed by atoms with Crippen molar-refractivity contribution in [3.05, 3.63) is 53.7 Å². The van der Waals surface area contributed by atoms with Crippen LogP contribution < -0.4 is 4.90 Å². The van der Waals surface area contributed by atoms with Gasteiger partial charge in [0.2, 0.25) is 5.91 Å². The molecular formula is C27H36N4O3. The lowest BCUT2D eigenvalue weighted by Crippen LogP contribution is -2.44. The van der Waals surface area contributed by atoms with Crippen LogP contribution in [-0.2, 0) is 22.6 Å². The Morgan fingerprint density at radius 3 is 2.50 bits per heavy atom. The highest BCUT2D eigenvalue weighted by Gasteiger charge is 2.29. The van der Waals surface area contributed by atoms with Gasteiger partial charge in [0, 0.05) is 44.0 Å². The number of hydrogen-bond donors (Lipinski definition) is 1. The zero-order valence-electron chi connectivity index (χ0n) is 20.1. The Balaban J connectivity index is 1.42. The number of anilines is 1. The highest BCUT2D eigenvalue weighted by molar-refractivity contribution is 5.92. The molecule has 0 radical (unpaired) electrons. The SMILES string of the molecule is CCN(Cc1cccnc1N1CCC(N2CCCC2)CC1)C(=O)C(C=O)Cc1ccc(O)cc1. The third-order valence-corrected chi connectivity index (χ3v) is 7.22. The molecule has 7 heteroatoms. The number of pyridine rings is 1. The topological polar surface area (TPSA) is 77.0 Å². The summed E-state index contributed by atoms with van der Waals surface area (Å²) in [7, 11) is 0. The largest absolute Gasteiger partial charge is 0.508 e. The fourth-order valence-electron chi connectivity index (χ4n) is 5.25. The lowest BCUT2D eigenvalue weighted by molar-refractivity contribution is -0.138. The monoisotopic (exact) mass is 464 g/mol. The molecule has 1 unspecified atom stereocenters. The third kappa shape index (κ3) is 5.76. The standard InChI is InChI=1S/C27H36N4O3/c1-2-29(27(34)23(20-32)18-21-7-9-25(33)10-8-21)19-22-6-5-13-28-26(22)31-16-11-24(12-17-31)30-14-3-4-15-30/h5-10,13,20,23-24,33H,2-4,11-12,14-19H2,1H3. The molecule has 1 N–H and O–H groups in total. The number of amides is 1. The van der Waals surface area contributed by atoms with E-state index in [1.54, 1.807) is 29.2 Å². The summed E-state index contributed by atoms with van der Waals surface area (Å²) in [5.41, 5.74) is 1.87. The molecule has 7 nitrogen and oxygen atoms in total. The Morgan fingerprint density at radius 2 is 1.85 bits per heavy atom. The molecule has 1 aromatic carbocycles. The van der Waals surface area contributed by atoms with Gasteiger partial charge in [-0.15, -0.1) is 0 Å². The lowest BCUT2D eigenvalue weighted by Gasteiger charge is -2.38. The van der Waals surface area contributed by atoms with Gasteiger partial charge >= 0.3 is 0 Å². The van der Waals surface area contributed by atoms with Crippen molar-refractivity contribution in [2.24, 2.45) is 5.92 Å². The van der Waals surface area contributed by atoms with Gasteiger partial charge in [0.1, 0.15) is 17.9 Å². The molecule has 4 rings (SSSR count). The average molecular weight is 465 g/mol. The predicted molar refractivity (Wildman–Crippen MR) is 133 cm³/mol. The average Bonchev–Trinajstić information content (AvgIpc) is 3.42. The number of piperidine rings is 1. The minimum absolute atomic E-state index is 0.168. The number of carbonyl (C=O) groups excluding carboxylic acids is 2. The molecule has 0 saturated carbocycles. The van der Waals surface area contributed by atoms with Gasteiger partial charge in [0.25, 0.3) is 0 Å². The van der Waals surface area contributed by atoms with Crippen molar-refractivity contribution >= 4 is 18.0 Å². The number of aromatic nitrogens is 1. The molecule has 2 aliphatic rings. The second kappa shape index (κ2) is 11.5. The van der Waals surface area contributed by atoms with Crippen LogP contribution in [0.4, 0.5) is 5.82 Å². The van der Waals surface area contributed by atoms with Gasteiger partial charge in [-0.05, 0) is 75.9 Å². The van der Waals surface area contributed by atoms with E-state index in [0.29, 0.717) is 25.6 Å². The smallest absolute Gasteiger partial charge is 0.233 e. The highest BCUT2D eigenvalue weighted by atomic mass is 16.3. The summed E-state index contributed by atoms with van der Waals surface area (Å²) in [6.07, 6.45) is 7.81. The zero-order valence-corrected chi connectivity index (χ0v) is 20.1. The van der Waals surface area contributed by atoms with Gasteiger partial charge in [0.15, 0.2) is 0 Å². The molecule has 0 bridgehead atoms.